The van der Waals surface area contributed by atoms with Gasteiger partial charge in [-0.15, -0.1) is 0 Å². The second-order valence-electron chi connectivity index (χ2n) is 4.64. The molecule has 0 aliphatic rings. The summed E-state index contributed by atoms with van der Waals surface area (Å²) in [6, 6.07) is 0.240. The minimum Gasteiger partial charge on any atom is -0.394 e. The van der Waals surface area contributed by atoms with Gasteiger partial charge in [0.15, 0.2) is 0 Å². The zero-order valence-electron chi connectivity index (χ0n) is 11.7. The van der Waals surface area contributed by atoms with Crippen LogP contribution < -0.4 is 10.6 Å². The Morgan fingerprint density at radius 1 is 1.58 bits per heavy atom. The fraction of sp³-hybridized carbons (Fsp3) is 0.692. The van der Waals surface area contributed by atoms with Gasteiger partial charge in [-0.3, -0.25) is 9.48 Å². The van der Waals surface area contributed by atoms with E-state index in [1.54, 1.807) is 10.9 Å². The van der Waals surface area contributed by atoms with E-state index in [0.717, 1.165) is 12.0 Å². The summed E-state index contributed by atoms with van der Waals surface area (Å²) >= 11 is 0. The van der Waals surface area contributed by atoms with Crippen molar-refractivity contribution in [1.29, 1.82) is 0 Å². The fourth-order valence-corrected chi connectivity index (χ4v) is 1.61. The summed E-state index contributed by atoms with van der Waals surface area (Å²) in [6.07, 6.45) is 5.09. The Kier molecular flexibility index (Phi) is 7.14. The van der Waals surface area contributed by atoms with Gasteiger partial charge in [-0.25, -0.2) is 0 Å². The van der Waals surface area contributed by atoms with Gasteiger partial charge in [-0.05, 0) is 13.3 Å². The minimum absolute atomic E-state index is 0.0813. The van der Waals surface area contributed by atoms with E-state index in [2.05, 4.69) is 15.7 Å². The highest BCUT2D eigenvalue weighted by atomic mass is 16.3. The van der Waals surface area contributed by atoms with Gasteiger partial charge in [0.25, 0.3) is 0 Å². The van der Waals surface area contributed by atoms with E-state index in [-0.39, 0.29) is 18.6 Å². The Bertz CT molecular complexity index is 378. The number of aromatic nitrogens is 2. The van der Waals surface area contributed by atoms with Crippen LogP contribution in [0, 0.1) is 0 Å². The number of nitrogens with zero attached hydrogens (tertiary/aromatic N) is 2. The van der Waals surface area contributed by atoms with Crippen molar-refractivity contribution in [3.05, 3.63) is 18.0 Å². The second kappa shape index (κ2) is 8.66. The van der Waals surface area contributed by atoms with E-state index >= 15 is 0 Å². The largest absolute Gasteiger partial charge is 0.394 e. The lowest BCUT2D eigenvalue weighted by atomic mass is 10.2. The maximum atomic E-state index is 11.5. The number of aliphatic hydroxyl groups is 1. The predicted molar refractivity (Wildman–Crippen MR) is 73.5 cm³/mol. The number of nitrogens with one attached hydrogen (secondary N) is 2. The molecule has 1 amide bonds. The molecule has 6 nitrogen and oxygen atoms in total. The first-order valence-electron chi connectivity index (χ1n) is 6.78. The first kappa shape index (κ1) is 15.7. The highest BCUT2D eigenvalue weighted by Crippen LogP contribution is 1.97. The molecule has 0 aromatic carbocycles. The normalized spacial score (nSPS) is 12.4. The Hall–Kier alpha value is -1.40. The van der Waals surface area contributed by atoms with E-state index < -0.39 is 0 Å². The molecule has 0 aliphatic carbocycles. The molecule has 1 heterocycles. The van der Waals surface area contributed by atoms with Crippen LogP contribution >= 0.6 is 0 Å². The first-order valence-corrected chi connectivity index (χ1v) is 6.78. The van der Waals surface area contributed by atoms with E-state index in [9.17, 15) is 4.79 Å². The van der Waals surface area contributed by atoms with Crippen molar-refractivity contribution >= 4 is 5.91 Å². The third kappa shape index (κ3) is 6.35. The molecular weight excluding hydrogens is 244 g/mol. The maximum Gasteiger partial charge on any atom is 0.221 e. The van der Waals surface area contributed by atoms with Crippen LogP contribution in [0.25, 0.3) is 0 Å². The van der Waals surface area contributed by atoms with Gasteiger partial charge in [0, 0.05) is 37.3 Å². The van der Waals surface area contributed by atoms with Crippen molar-refractivity contribution < 1.29 is 9.90 Å². The molecule has 0 bridgehead atoms. The molecule has 0 saturated carbocycles. The molecule has 1 aromatic heterocycles. The maximum absolute atomic E-state index is 11.5. The number of carbonyl (C=O) groups is 1. The highest BCUT2D eigenvalue weighted by Gasteiger charge is 2.04. The molecule has 108 valence electrons. The van der Waals surface area contributed by atoms with Gasteiger partial charge in [-0.1, -0.05) is 6.92 Å². The van der Waals surface area contributed by atoms with Crippen LogP contribution in [-0.4, -0.2) is 40.0 Å². The third-order valence-electron chi connectivity index (χ3n) is 2.89. The fourth-order valence-electron chi connectivity index (χ4n) is 1.61. The Morgan fingerprint density at radius 3 is 3.05 bits per heavy atom. The lowest BCUT2D eigenvalue weighted by Crippen LogP contribution is -2.33. The van der Waals surface area contributed by atoms with Gasteiger partial charge < -0.3 is 15.7 Å². The van der Waals surface area contributed by atoms with Crippen LogP contribution in [0.4, 0.5) is 0 Å². The minimum atomic E-state index is 0.0813. The average molecular weight is 268 g/mol. The Morgan fingerprint density at radius 2 is 2.37 bits per heavy atom. The number of carbonyl (C=O) groups excluding carboxylic acids is 1. The Balaban J connectivity index is 2.14. The van der Waals surface area contributed by atoms with Gasteiger partial charge in [-0.2, -0.15) is 5.10 Å². The van der Waals surface area contributed by atoms with Crippen LogP contribution in [0.3, 0.4) is 0 Å². The number of hydrogen-bond acceptors (Lipinski definition) is 4. The molecule has 3 N–H and O–H groups in total. The predicted octanol–water partition coefficient (Wildman–Crippen LogP) is 0.270. The number of amides is 1. The van der Waals surface area contributed by atoms with Crippen molar-refractivity contribution in [1.82, 2.24) is 20.4 Å². The van der Waals surface area contributed by atoms with Crippen LogP contribution in [0.5, 0.6) is 0 Å². The van der Waals surface area contributed by atoms with Crippen LogP contribution in [0.15, 0.2) is 12.4 Å². The molecule has 0 radical (unpaired) electrons. The second-order valence-corrected chi connectivity index (χ2v) is 4.64. The summed E-state index contributed by atoms with van der Waals surface area (Å²) < 4.78 is 1.70. The molecule has 19 heavy (non-hydrogen) atoms. The molecule has 1 atom stereocenters. The van der Waals surface area contributed by atoms with E-state index in [0.29, 0.717) is 26.1 Å². The van der Waals surface area contributed by atoms with E-state index in [1.165, 1.54) is 0 Å². The van der Waals surface area contributed by atoms with Crippen molar-refractivity contribution in [3.63, 3.8) is 0 Å². The summed E-state index contributed by atoms with van der Waals surface area (Å²) in [7, 11) is 0. The van der Waals surface area contributed by atoms with E-state index in [4.69, 9.17) is 5.11 Å². The van der Waals surface area contributed by atoms with Gasteiger partial charge in [0.1, 0.15) is 0 Å². The van der Waals surface area contributed by atoms with Crippen molar-refractivity contribution in [2.75, 3.05) is 13.2 Å². The van der Waals surface area contributed by atoms with Crippen LogP contribution in [-0.2, 0) is 17.9 Å². The molecule has 1 aromatic rings. The van der Waals surface area contributed by atoms with Crippen molar-refractivity contribution in [3.8, 4) is 0 Å². The molecule has 0 saturated heterocycles. The molecule has 1 unspecified atom stereocenters. The summed E-state index contributed by atoms with van der Waals surface area (Å²) in [4.78, 5) is 11.5. The van der Waals surface area contributed by atoms with Gasteiger partial charge in [0.05, 0.1) is 19.3 Å². The van der Waals surface area contributed by atoms with E-state index in [1.807, 2.05) is 20.0 Å². The molecule has 0 fully saturated rings. The third-order valence-corrected chi connectivity index (χ3v) is 2.89. The van der Waals surface area contributed by atoms with Crippen LogP contribution in [0.2, 0.25) is 0 Å². The lowest BCUT2D eigenvalue weighted by molar-refractivity contribution is -0.121. The lowest BCUT2D eigenvalue weighted by Gasteiger charge is -2.11. The SMILES string of the molecule is CCC(C)NC(=O)CCNCc1cnn(CCO)c1. The summed E-state index contributed by atoms with van der Waals surface area (Å²) in [5.41, 5.74) is 1.05. The molecule has 0 spiro atoms. The summed E-state index contributed by atoms with van der Waals surface area (Å²) in [5.74, 6) is 0.0813. The van der Waals surface area contributed by atoms with Crippen molar-refractivity contribution in [2.24, 2.45) is 0 Å². The molecule has 0 aliphatic heterocycles. The molecule has 6 heteroatoms. The zero-order chi connectivity index (χ0) is 14.1. The monoisotopic (exact) mass is 268 g/mol. The van der Waals surface area contributed by atoms with Gasteiger partial charge >= 0.3 is 0 Å². The summed E-state index contributed by atoms with van der Waals surface area (Å²) in [5, 5.41) is 19.0. The number of aliphatic hydroxyl groups excluding tert-OH is 1. The van der Waals surface area contributed by atoms with Crippen LogP contribution in [0.1, 0.15) is 32.3 Å². The van der Waals surface area contributed by atoms with Gasteiger partial charge in [0.2, 0.25) is 5.91 Å². The standard InChI is InChI=1S/C13H24N4O2/c1-3-11(2)16-13(19)4-5-14-8-12-9-15-17(10-12)6-7-18/h9-11,14,18H,3-8H2,1-2H3,(H,16,19). The summed E-state index contributed by atoms with van der Waals surface area (Å²) in [6.45, 7) is 5.98. The molecule has 1 rings (SSSR count). The first-order chi connectivity index (χ1) is 9.15. The number of hydrogen-bond donors (Lipinski definition) is 3. The van der Waals surface area contributed by atoms with Crippen molar-refractivity contribution in [2.45, 2.75) is 45.8 Å². The smallest absolute Gasteiger partial charge is 0.221 e. The Labute approximate surface area is 114 Å². The number of rotatable bonds is 9. The average Bonchev–Trinajstić information content (AvgIpc) is 2.83. The molecular formula is C13H24N4O2. The topological polar surface area (TPSA) is 79.2 Å². The highest BCUT2D eigenvalue weighted by molar-refractivity contribution is 5.76. The quantitative estimate of drug-likeness (QED) is 0.562. The zero-order valence-corrected chi connectivity index (χ0v) is 11.7.